The maximum absolute atomic E-state index is 12.9. The summed E-state index contributed by atoms with van der Waals surface area (Å²) < 4.78 is 20.2. The minimum Gasteiger partial charge on any atom is -0.486 e. The molecular formula is C17H13FN4OS. The summed E-state index contributed by atoms with van der Waals surface area (Å²) in [5, 5.41) is 13.7. The third-order valence-corrected chi connectivity index (χ3v) is 4.39. The maximum atomic E-state index is 12.9. The lowest BCUT2D eigenvalue weighted by Gasteiger charge is -2.02. The van der Waals surface area contributed by atoms with E-state index in [4.69, 9.17) is 4.74 Å². The summed E-state index contributed by atoms with van der Waals surface area (Å²) in [6, 6.07) is 14.0. The van der Waals surface area contributed by atoms with Gasteiger partial charge in [-0.25, -0.2) is 4.39 Å². The summed E-state index contributed by atoms with van der Waals surface area (Å²) in [7, 11) is 0. The second-order valence-corrected chi connectivity index (χ2v) is 6.36. The van der Waals surface area contributed by atoms with E-state index in [0.29, 0.717) is 23.1 Å². The maximum Gasteiger partial charge on any atom is 0.235 e. The van der Waals surface area contributed by atoms with E-state index >= 15 is 0 Å². The molecule has 0 unspecified atom stereocenters. The van der Waals surface area contributed by atoms with Gasteiger partial charge in [-0.1, -0.05) is 41.2 Å². The van der Waals surface area contributed by atoms with Crippen LogP contribution in [-0.4, -0.2) is 19.8 Å². The topological polar surface area (TPSA) is 52.3 Å². The van der Waals surface area contributed by atoms with Crippen molar-refractivity contribution in [2.45, 2.75) is 13.5 Å². The molecule has 4 rings (SSSR count). The summed E-state index contributed by atoms with van der Waals surface area (Å²) in [5.41, 5.74) is 2.15. The van der Waals surface area contributed by atoms with Crippen molar-refractivity contribution in [1.29, 1.82) is 0 Å². The van der Waals surface area contributed by atoms with Crippen molar-refractivity contribution < 1.29 is 9.13 Å². The average molecular weight is 340 g/mol. The van der Waals surface area contributed by atoms with Crippen LogP contribution in [0.4, 0.5) is 4.39 Å². The molecule has 0 saturated heterocycles. The highest BCUT2D eigenvalue weighted by molar-refractivity contribution is 7.16. The number of ether oxygens (including phenoxy) is 1. The van der Waals surface area contributed by atoms with Gasteiger partial charge < -0.3 is 4.74 Å². The average Bonchev–Trinajstić information content (AvgIpc) is 3.15. The van der Waals surface area contributed by atoms with E-state index in [9.17, 15) is 4.39 Å². The molecule has 5 nitrogen and oxygen atoms in total. The van der Waals surface area contributed by atoms with E-state index in [1.54, 1.807) is 16.6 Å². The van der Waals surface area contributed by atoms with Crippen LogP contribution in [-0.2, 0) is 6.61 Å². The molecule has 0 saturated carbocycles. The van der Waals surface area contributed by atoms with Crippen LogP contribution in [0.25, 0.3) is 16.3 Å². The third kappa shape index (κ3) is 2.85. The molecule has 0 spiro atoms. The highest BCUT2D eigenvalue weighted by Gasteiger charge is 2.13. The fourth-order valence-corrected chi connectivity index (χ4v) is 3.02. The first-order valence-electron chi connectivity index (χ1n) is 7.35. The second kappa shape index (κ2) is 6.01. The summed E-state index contributed by atoms with van der Waals surface area (Å²) in [4.78, 5) is 0.711. The number of hydrogen-bond donors (Lipinski definition) is 0. The molecule has 24 heavy (non-hydrogen) atoms. The molecule has 2 heterocycles. The Bertz CT molecular complexity index is 976. The molecule has 0 aliphatic rings. The first kappa shape index (κ1) is 14.8. The molecule has 0 aliphatic heterocycles. The number of benzene rings is 2. The Labute approximate surface area is 141 Å². The Morgan fingerprint density at radius 1 is 1.04 bits per heavy atom. The minimum atomic E-state index is -0.288. The smallest absolute Gasteiger partial charge is 0.235 e. The lowest BCUT2D eigenvalue weighted by molar-refractivity contribution is 0.303. The molecule has 7 heteroatoms. The largest absolute Gasteiger partial charge is 0.486 e. The van der Waals surface area contributed by atoms with E-state index in [1.807, 2.05) is 31.2 Å². The van der Waals surface area contributed by atoms with Crippen molar-refractivity contribution in [2.24, 2.45) is 0 Å². The number of halogens is 1. The summed E-state index contributed by atoms with van der Waals surface area (Å²) in [6.45, 7) is 2.34. The zero-order valence-electron chi connectivity index (χ0n) is 12.8. The van der Waals surface area contributed by atoms with E-state index < -0.39 is 0 Å². The molecule has 0 amide bonds. The molecule has 0 aliphatic carbocycles. The standard InChI is InChI=1S/C17H13FN4OS/c1-11-2-4-12(5-3-11)16-19-20-17-22(16)21-15(24-17)10-23-14-8-6-13(18)7-9-14/h2-9H,10H2,1H3. The van der Waals surface area contributed by atoms with Gasteiger partial charge in [0.15, 0.2) is 10.8 Å². The number of rotatable bonds is 4. The van der Waals surface area contributed by atoms with Gasteiger partial charge in [0.1, 0.15) is 18.2 Å². The van der Waals surface area contributed by atoms with E-state index in [2.05, 4.69) is 15.3 Å². The lowest BCUT2D eigenvalue weighted by Crippen LogP contribution is -1.97. The summed E-state index contributed by atoms with van der Waals surface area (Å²) >= 11 is 1.42. The van der Waals surface area contributed by atoms with Crippen molar-refractivity contribution in [3.8, 4) is 17.1 Å². The number of fused-ring (bicyclic) bond motifs is 1. The fraction of sp³-hybridized carbons (Fsp3) is 0.118. The van der Waals surface area contributed by atoms with Crippen LogP contribution in [0.15, 0.2) is 48.5 Å². The van der Waals surface area contributed by atoms with Gasteiger partial charge in [0.2, 0.25) is 4.96 Å². The van der Waals surface area contributed by atoms with Gasteiger partial charge in [0.25, 0.3) is 0 Å². The normalized spacial score (nSPS) is 11.1. The van der Waals surface area contributed by atoms with Crippen LogP contribution in [0.1, 0.15) is 10.6 Å². The Kier molecular flexibility index (Phi) is 3.70. The van der Waals surface area contributed by atoms with Crippen LogP contribution in [0.3, 0.4) is 0 Å². The zero-order valence-corrected chi connectivity index (χ0v) is 13.6. The Morgan fingerprint density at radius 2 is 1.79 bits per heavy atom. The van der Waals surface area contributed by atoms with Crippen molar-refractivity contribution in [3.05, 3.63) is 64.9 Å². The molecule has 0 radical (unpaired) electrons. The van der Waals surface area contributed by atoms with E-state index in [1.165, 1.54) is 29.0 Å². The quantitative estimate of drug-likeness (QED) is 0.566. The van der Waals surface area contributed by atoms with Gasteiger partial charge in [0.05, 0.1) is 0 Å². The van der Waals surface area contributed by atoms with E-state index in [-0.39, 0.29) is 5.82 Å². The monoisotopic (exact) mass is 340 g/mol. The molecule has 0 atom stereocenters. The summed E-state index contributed by atoms with van der Waals surface area (Å²) in [6.07, 6.45) is 0. The van der Waals surface area contributed by atoms with Crippen molar-refractivity contribution >= 4 is 16.3 Å². The van der Waals surface area contributed by atoms with Gasteiger partial charge in [-0.05, 0) is 31.2 Å². The molecular weight excluding hydrogens is 327 g/mol. The van der Waals surface area contributed by atoms with Crippen LogP contribution >= 0.6 is 11.3 Å². The van der Waals surface area contributed by atoms with Crippen LogP contribution in [0.2, 0.25) is 0 Å². The molecule has 2 aromatic heterocycles. The SMILES string of the molecule is Cc1ccc(-c2nnc3sc(COc4ccc(F)cc4)nn23)cc1. The Hall–Kier alpha value is -2.80. The highest BCUT2D eigenvalue weighted by atomic mass is 32.1. The first-order valence-corrected chi connectivity index (χ1v) is 8.17. The van der Waals surface area contributed by atoms with Crippen molar-refractivity contribution in [1.82, 2.24) is 19.8 Å². The van der Waals surface area contributed by atoms with Gasteiger partial charge in [-0.2, -0.15) is 9.61 Å². The summed E-state index contributed by atoms with van der Waals surface area (Å²) in [5.74, 6) is 1.01. The molecule has 0 bridgehead atoms. The minimum absolute atomic E-state index is 0.288. The van der Waals surface area contributed by atoms with Gasteiger partial charge >= 0.3 is 0 Å². The van der Waals surface area contributed by atoms with E-state index in [0.717, 1.165) is 10.6 Å². The first-order chi connectivity index (χ1) is 11.7. The number of aromatic nitrogens is 4. The molecule has 0 N–H and O–H groups in total. The molecule has 120 valence electrons. The van der Waals surface area contributed by atoms with Crippen molar-refractivity contribution in [2.75, 3.05) is 0 Å². The Balaban J connectivity index is 1.57. The van der Waals surface area contributed by atoms with Gasteiger partial charge in [-0.3, -0.25) is 0 Å². The van der Waals surface area contributed by atoms with Crippen LogP contribution in [0, 0.1) is 12.7 Å². The lowest BCUT2D eigenvalue weighted by atomic mass is 10.1. The van der Waals surface area contributed by atoms with Gasteiger partial charge in [0, 0.05) is 5.56 Å². The number of nitrogens with zero attached hydrogens (tertiary/aromatic N) is 4. The molecule has 0 fully saturated rings. The van der Waals surface area contributed by atoms with Gasteiger partial charge in [-0.15, -0.1) is 10.2 Å². The zero-order chi connectivity index (χ0) is 16.5. The van der Waals surface area contributed by atoms with Crippen molar-refractivity contribution in [3.63, 3.8) is 0 Å². The van der Waals surface area contributed by atoms with Crippen LogP contribution in [0.5, 0.6) is 5.75 Å². The second-order valence-electron chi connectivity index (χ2n) is 5.32. The fourth-order valence-electron chi connectivity index (χ4n) is 2.27. The predicted molar refractivity (Wildman–Crippen MR) is 89.6 cm³/mol. The third-order valence-electron chi connectivity index (χ3n) is 3.52. The highest BCUT2D eigenvalue weighted by Crippen LogP contribution is 2.23. The number of hydrogen-bond acceptors (Lipinski definition) is 5. The Morgan fingerprint density at radius 3 is 2.54 bits per heavy atom. The van der Waals surface area contributed by atoms with Crippen LogP contribution < -0.4 is 4.74 Å². The molecule has 2 aromatic carbocycles. The predicted octanol–water partition coefficient (Wildman–Crippen LogP) is 3.88. The number of aryl methyl sites for hydroxylation is 1. The molecule has 4 aromatic rings.